The van der Waals surface area contributed by atoms with Crippen LogP contribution in [0.25, 0.3) is 10.1 Å². The molecule has 2 aromatic rings. The largest absolute Gasteiger partial charge is 0.465 e. The SMILES string of the molecule is COC(=O)c1cc2cccc(C(C)C)c2s1. The monoisotopic (exact) mass is 234 g/mol. The van der Waals surface area contributed by atoms with Crippen molar-refractivity contribution in [3.8, 4) is 0 Å². The number of esters is 1. The van der Waals surface area contributed by atoms with Crippen LogP contribution in [0.4, 0.5) is 0 Å². The molecule has 84 valence electrons. The minimum absolute atomic E-state index is 0.254. The molecule has 0 atom stereocenters. The Morgan fingerprint density at radius 2 is 2.12 bits per heavy atom. The summed E-state index contributed by atoms with van der Waals surface area (Å²) in [5.41, 5.74) is 1.29. The van der Waals surface area contributed by atoms with Gasteiger partial charge in [0.15, 0.2) is 0 Å². The number of carbonyl (C=O) groups excluding carboxylic acids is 1. The van der Waals surface area contributed by atoms with E-state index in [2.05, 4.69) is 19.9 Å². The molecule has 0 saturated heterocycles. The predicted octanol–water partition coefficient (Wildman–Crippen LogP) is 3.81. The van der Waals surface area contributed by atoms with Gasteiger partial charge in [0.1, 0.15) is 4.88 Å². The summed E-state index contributed by atoms with van der Waals surface area (Å²) in [7, 11) is 1.41. The van der Waals surface area contributed by atoms with Crippen molar-refractivity contribution < 1.29 is 9.53 Å². The highest BCUT2D eigenvalue weighted by atomic mass is 32.1. The second kappa shape index (κ2) is 4.26. The van der Waals surface area contributed by atoms with E-state index in [0.717, 1.165) is 5.39 Å². The van der Waals surface area contributed by atoms with Crippen LogP contribution in [-0.4, -0.2) is 13.1 Å². The molecule has 1 aromatic heterocycles. The normalized spacial score (nSPS) is 11.0. The number of methoxy groups -OCH3 is 1. The van der Waals surface area contributed by atoms with Crippen molar-refractivity contribution in [1.29, 1.82) is 0 Å². The molecular weight excluding hydrogens is 220 g/mol. The first-order valence-corrected chi connectivity index (χ1v) is 6.06. The van der Waals surface area contributed by atoms with Crippen LogP contribution in [0.3, 0.4) is 0 Å². The van der Waals surface area contributed by atoms with E-state index in [1.54, 1.807) is 0 Å². The molecule has 0 saturated carbocycles. The summed E-state index contributed by atoms with van der Waals surface area (Å²) in [6.45, 7) is 4.32. The standard InChI is InChI=1S/C13H14O2S/c1-8(2)10-6-4-5-9-7-11(13(14)15-3)16-12(9)10/h4-8H,1-3H3. The molecular formula is C13H14O2S. The van der Waals surface area contributed by atoms with Gasteiger partial charge in [-0.15, -0.1) is 11.3 Å². The molecule has 16 heavy (non-hydrogen) atoms. The molecule has 3 heteroatoms. The maximum Gasteiger partial charge on any atom is 0.348 e. The molecule has 1 heterocycles. The van der Waals surface area contributed by atoms with Crippen molar-refractivity contribution in [3.05, 3.63) is 34.7 Å². The Balaban J connectivity index is 2.61. The molecule has 2 rings (SSSR count). The number of ether oxygens (including phenoxy) is 1. The highest BCUT2D eigenvalue weighted by molar-refractivity contribution is 7.21. The second-order valence-corrected chi connectivity index (χ2v) is 5.07. The molecule has 0 unspecified atom stereocenters. The van der Waals surface area contributed by atoms with Gasteiger partial charge in [0.2, 0.25) is 0 Å². The van der Waals surface area contributed by atoms with Crippen molar-refractivity contribution in [2.24, 2.45) is 0 Å². The topological polar surface area (TPSA) is 26.3 Å². The summed E-state index contributed by atoms with van der Waals surface area (Å²) >= 11 is 1.51. The third-order valence-electron chi connectivity index (χ3n) is 2.58. The molecule has 0 bridgehead atoms. The van der Waals surface area contributed by atoms with Crippen LogP contribution in [0.5, 0.6) is 0 Å². The average Bonchev–Trinajstić information content (AvgIpc) is 2.70. The van der Waals surface area contributed by atoms with Crippen molar-refractivity contribution >= 4 is 27.4 Å². The number of carbonyl (C=O) groups is 1. The quantitative estimate of drug-likeness (QED) is 0.738. The first kappa shape index (κ1) is 11.1. The van der Waals surface area contributed by atoms with Gasteiger partial charge in [-0.3, -0.25) is 0 Å². The molecule has 2 nitrogen and oxygen atoms in total. The summed E-state index contributed by atoms with van der Waals surface area (Å²) in [4.78, 5) is 12.1. The van der Waals surface area contributed by atoms with Crippen LogP contribution in [0, 0.1) is 0 Å². The minimum atomic E-state index is -0.254. The van der Waals surface area contributed by atoms with Crippen LogP contribution < -0.4 is 0 Å². The van der Waals surface area contributed by atoms with Gasteiger partial charge in [0, 0.05) is 4.70 Å². The summed E-state index contributed by atoms with van der Waals surface area (Å²) in [5, 5.41) is 1.12. The summed E-state index contributed by atoms with van der Waals surface area (Å²) in [5.74, 6) is 0.212. The van der Waals surface area contributed by atoms with E-state index >= 15 is 0 Å². The van der Waals surface area contributed by atoms with E-state index in [0.29, 0.717) is 10.8 Å². The number of hydrogen-bond acceptors (Lipinski definition) is 3. The zero-order valence-electron chi connectivity index (χ0n) is 9.61. The third kappa shape index (κ3) is 1.83. The Kier molecular flexibility index (Phi) is 2.97. The Hall–Kier alpha value is -1.35. The molecule has 0 fully saturated rings. The number of rotatable bonds is 2. The molecule has 0 aliphatic heterocycles. The third-order valence-corrected chi connectivity index (χ3v) is 3.76. The van der Waals surface area contributed by atoms with Gasteiger partial charge in [-0.05, 0) is 22.9 Å². The Bertz CT molecular complexity index is 526. The lowest BCUT2D eigenvalue weighted by atomic mass is 10.0. The molecule has 1 aromatic carbocycles. The number of thiophene rings is 1. The van der Waals surface area contributed by atoms with Crippen LogP contribution in [0.1, 0.15) is 35.0 Å². The van der Waals surface area contributed by atoms with E-state index in [1.165, 1.54) is 28.7 Å². The molecule has 0 spiro atoms. The number of benzene rings is 1. The van der Waals surface area contributed by atoms with Crippen LogP contribution in [-0.2, 0) is 4.74 Å². The fourth-order valence-electron chi connectivity index (χ4n) is 1.74. The van der Waals surface area contributed by atoms with Crippen molar-refractivity contribution in [1.82, 2.24) is 0 Å². The lowest BCUT2D eigenvalue weighted by molar-refractivity contribution is 0.0606. The lowest BCUT2D eigenvalue weighted by Crippen LogP contribution is -1.96. The Morgan fingerprint density at radius 1 is 1.38 bits per heavy atom. The fourth-order valence-corrected chi connectivity index (χ4v) is 2.98. The van der Waals surface area contributed by atoms with E-state index < -0.39 is 0 Å². The second-order valence-electron chi connectivity index (χ2n) is 4.02. The first-order chi connectivity index (χ1) is 7.63. The van der Waals surface area contributed by atoms with Gasteiger partial charge in [0.25, 0.3) is 0 Å². The molecule has 0 N–H and O–H groups in total. The fraction of sp³-hybridized carbons (Fsp3) is 0.308. The predicted molar refractivity (Wildman–Crippen MR) is 67.3 cm³/mol. The van der Waals surface area contributed by atoms with E-state index in [1.807, 2.05) is 18.2 Å². The van der Waals surface area contributed by atoms with Crippen LogP contribution in [0.15, 0.2) is 24.3 Å². The first-order valence-electron chi connectivity index (χ1n) is 5.24. The maximum atomic E-state index is 11.5. The van der Waals surface area contributed by atoms with E-state index in [4.69, 9.17) is 4.74 Å². The van der Waals surface area contributed by atoms with Gasteiger partial charge in [0.05, 0.1) is 7.11 Å². The number of hydrogen-bond donors (Lipinski definition) is 0. The van der Waals surface area contributed by atoms with Gasteiger partial charge in [-0.25, -0.2) is 4.79 Å². The van der Waals surface area contributed by atoms with E-state index in [9.17, 15) is 4.79 Å². The van der Waals surface area contributed by atoms with Gasteiger partial charge in [-0.2, -0.15) is 0 Å². The Labute approximate surface area is 98.9 Å². The molecule has 0 radical (unpaired) electrons. The number of fused-ring (bicyclic) bond motifs is 1. The minimum Gasteiger partial charge on any atom is -0.465 e. The lowest BCUT2D eigenvalue weighted by Gasteiger charge is -2.05. The summed E-state index contributed by atoms with van der Waals surface area (Å²) in [6, 6.07) is 8.08. The molecule has 0 aliphatic rings. The maximum absolute atomic E-state index is 11.5. The van der Waals surface area contributed by atoms with Crippen molar-refractivity contribution in [2.75, 3.05) is 7.11 Å². The highest BCUT2D eigenvalue weighted by Crippen LogP contribution is 2.32. The van der Waals surface area contributed by atoms with Gasteiger partial charge in [-0.1, -0.05) is 32.0 Å². The summed E-state index contributed by atoms with van der Waals surface area (Å²) in [6.07, 6.45) is 0. The van der Waals surface area contributed by atoms with Crippen LogP contribution >= 0.6 is 11.3 Å². The molecule has 0 aliphatic carbocycles. The van der Waals surface area contributed by atoms with Crippen molar-refractivity contribution in [3.63, 3.8) is 0 Å². The summed E-state index contributed by atoms with van der Waals surface area (Å²) < 4.78 is 5.93. The van der Waals surface area contributed by atoms with Crippen molar-refractivity contribution in [2.45, 2.75) is 19.8 Å². The van der Waals surface area contributed by atoms with E-state index in [-0.39, 0.29) is 5.97 Å². The smallest absolute Gasteiger partial charge is 0.348 e. The van der Waals surface area contributed by atoms with Gasteiger partial charge >= 0.3 is 5.97 Å². The molecule has 0 amide bonds. The zero-order chi connectivity index (χ0) is 11.7. The highest BCUT2D eigenvalue weighted by Gasteiger charge is 2.13. The zero-order valence-corrected chi connectivity index (χ0v) is 10.4. The van der Waals surface area contributed by atoms with Gasteiger partial charge < -0.3 is 4.74 Å². The average molecular weight is 234 g/mol. The Morgan fingerprint density at radius 3 is 2.75 bits per heavy atom. The van der Waals surface area contributed by atoms with Crippen LogP contribution in [0.2, 0.25) is 0 Å².